The number of nitrogens with zero attached hydrogens (tertiary/aromatic N) is 1. The first-order valence-corrected chi connectivity index (χ1v) is 7.60. The van der Waals surface area contributed by atoms with E-state index < -0.39 is 0 Å². The molecule has 0 fully saturated rings. The molecule has 5 heteroatoms. The van der Waals surface area contributed by atoms with Crippen molar-refractivity contribution in [1.82, 2.24) is 4.90 Å². The van der Waals surface area contributed by atoms with Gasteiger partial charge in [0, 0.05) is 22.7 Å². The highest BCUT2D eigenvalue weighted by Gasteiger charge is 2.16. The maximum Gasteiger partial charge on any atom is 0.254 e. The molecular weight excluding hydrogens is 292 g/mol. The van der Waals surface area contributed by atoms with Crippen molar-refractivity contribution in [2.45, 2.75) is 20.4 Å². The van der Waals surface area contributed by atoms with Crippen LogP contribution >= 0.6 is 22.9 Å². The van der Waals surface area contributed by atoms with E-state index in [9.17, 15) is 4.79 Å². The molecule has 1 aromatic heterocycles. The van der Waals surface area contributed by atoms with Crippen molar-refractivity contribution in [3.8, 4) is 0 Å². The quantitative estimate of drug-likeness (QED) is 0.869. The summed E-state index contributed by atoms with van der Waals surface area (Å²) in [6, 6.07) is 9.19. The van der Waals surface area contributed by atoms with Crippen LogP contribution in [0.4, 0.5) is 5.69 Å². The molecule has 20 heavy (non-hydrogen) atoms. The van der Waals surface area contributed by atoms with Crippen molar-refractivity contribution in [3.63, 3.8) is 0 Å². The molecule has 0 aliphatic heterocycles. The lowest BCUT2D eigenvalue weighted by molar-refractivity contribution is 0.0754. The van der Waals surface area contributed by atoms with Crippen molar-refractivity contribution in [2.24, 2.45) is 0 Å². The molecule has 0 aliphatic carbocycles. The number of halogens is 1. The molecule has 1 aromatic carbocycles. The van der Waals surface area contributed by atoms with Crippen LogP contribution in [0.3, 0.4) is 0 Å². The van der Waals surface area contributed by atoms with Crippen LogP contribution < -0.4 is 5.73 Å². The summed E-state index contributed by atoms with van der Waals surface area (Å²) >= 11 is 7.42. The standard InChI is InChI=1S/C15H17ClN2OS/c1-3-18(9-12-5-7-14(16)20-12)15(19)11-4-6-13(17)10(2)8-11/h4-8H,3,9,17H2,1-2H3. The van der Waals surface area contributed by atoms with Gasteiger partial charge in [-0.05, 0) is 49.7 Å². The molecule has 3 nitrogen and oxygen atoms in total. The Morgan fingerprint density at radius 3 is 2.65 bits per heavy atom. The molecule has 0 spiro atoms. The number of nitrogen functional groups attached to an aromatic ring is 1. The lowest BCUT2D eigenvalue weighted by atomic mass is 10.1. The van der Waals surface area contributed by atoms with Crippen molar-refractivity contribution >= 4 is 34.5 Å². The van der Waals surface area contributed by atoms with Crippen molar-refractivity contribution < 1.29 is 4.79 Å². The van der Waals surface area contributed by atoms with E-state index in [1.165, 1.54) is 11.3 Å². The highest BCUT2D eigenvalue weighted by atomic mass is 35.5. The summed E-state index contributed by atoms with van der Waals surface area (Å²) in [6.07, 6.45) is 0. The van der Waals surface area contributed by atoms with Gasteiger partial charge in [-0.15, -0.1) is 11.3 Å². The van der Waals surface area contributed by atoms with Gasteiger partial charge in [0.1, 0.15) is 0 Å². The minimum Gasteiger partial charge on any atom is -0.399 e. The Morgan fingerprint density at radius 2 is 2.10 bits per heavy atom. The molecule has 0 aliphatic rings. The summed E-state index contributed by atoms with van der Waals surface area (Å²) < 4.78 is 0.742. The molecule has 2 rings (SSSR count). The van der Waals surface area contributed by atoms with Crippen molar-refractivity contribution in [1.29, 1.82) is 0 Å². The Bertz CT molecular complexity index is 624. The van der Waals surface area contributed by atoms with Gasteiger partial charge >= 0.3 is 0 Å². The number of thiophene rings is 1. The van der Waals surface area contributed by atoms with E-state index in [2.05, 4.69) is 0 Å². The van der Waals surface area contributed by atoms with Crippen LogP contribution in [-0.4, -0.2) is 17.4 Å². The minimum atomic E-state index is 0.0140. The molecule has 2 aromatic rings. The van der Waals surface area contributed by atoms with E-state index in [0.717, 1.165) is 14.8 Å². The molecule has 0 saturated carbocycles. The number of anilines is 1. The SMILES string of the molecule is CCN(Cc1ccc(Cl)s1)C(=O)c1ccc(N)c(C)c1. The zero-order chi connectivity index (χ0) is 14.7. The van der Waals surface area contributed by atoms with E-state index in [-0.39, 0.29) is 5.91 Å². The highest BCUT2D eigenvalue weighted by molar-refractivity contribution is 7.16. The average molecular weight is 309 g/mol. The summed E-state index contributed by atoms with van der Waals surface area (Å²) in [5.74, 6) is 0.0140. The van der Waals surface area contributed by atoms with E-state index in [0.29, 0.717) is 24.3 Å². The molecule has 1 heterocycles. The Morgan fingerprint density at radius 1 is 1.35 bits per heavy atom. The summed E-state index contributed by atoms with van der Waals surface area (Å²) in [7, 11) is 0. The molecule has 106 valence electrons. The maximum absolute atomic E-state index is 12.5. The second-order valence-corrected chi connectivity index (χ2v) is 6.40. The van der Waals surface area contributed by atoms with Gasteiger partial charge in [0.05, 0.1) is 10.9 Å². The summed E-state index contributed by atoms with van der Waals surface area (Å²) in [4.78, 5) is 15.4. The number of amides is 1. The van der Waals surface area contributed by atoms with Crippen LogP contribution in [-0.2, 0) is 6.54 Å². The number of benzene rings is 1. The van der Waals surface area contributed by atoms with Gasteiger partial charge in [-0.1, -0.05) is 11.6 Å². The normalized spacial score (nSPS) is 10.6. The second kappa shape index (κ2) is 6.29. The third-order valence-corrected chi connectivity index (χ3v) is 4.38. The molecule has 2 N–H and O–H groups in total. The summed E-state index contributed by atoms with van der Waals surface area (Å²) in [5, 5.41) is 0. The van der Waals surface area contributed by atoms with Crippen LogP contribution in [0.15, 0.2) is 30.3 Å². The van der Waals surface area contributed by atoms with Gasteiger partial charge in [0.25, 0.3) is 5.91 Å². The first-order valence-electron chi connectivity index (χ1n) is 6.41. The number of hydrogen-bond donors (Lipinski definition) is 1. The zero-order valence-corrected chi connectivity index (χ0v) is 13.1. The van der Waals surface area contributed by atoms with Crippen molar-refractivity contribution in [3.05, 3.63) is 50.7 Å². The monoisotopic (exact) mass is 308 g/mol. The molecule has 0 unspecified atom stereocenters. The molecule has 1 amide bonds. The Kier molecular flexibility index (Phi) is 4.68. The number of rotatable bonds is 4. The van der Waals surface area contributed by atoms with Crippen LogP contribution in [0.5, 0.6) is 0 Å². The Labute approximate surface area is 128 Å². The number of carbonyl (C=O) groups excluding carboxylic acids is 1. The first-order chi connectivity index (χ1) is 9.51. The van der Waals surface area contributed by atoms with Gasteiger partial charge in [-0.2, -0.15) is 0 Å². The van der Waals surface area contributed by atoms with Gasteiger partial charge < -0.3 is 10.6 Å². The average Bonchev–Trinajstić information content (AvgIpc) is 2.84. The fourth-order valence-corrected chi connectivity index (χ4v) is 3.05. The molecule has 0 saturated heterocycles. The molecule has 0 bridgehead atoms. The fourth-order valence-electron chi connectivity index (χ4n) is 1.94. The van der Waals surface area contributed by atoms with Crippen LogP contribution in [0.1, 0.15) is 27.7 Å². The predicted octanol–water partition coefficient (Wildman–Crippen LogP) is 3.95. The third-order valence-electron chi connectivity index (χ3n) is 3.16. The maximum atomic E-state index is 12.5. The molecule has 0 atom stereocenters. The van der Waals surface area contributed by atoms with Crippen molar-refractivity contribution in [2.75, 3.05) is 12.3 Å². The Balaban J connectivity index is 2.18. The van der Waals surface area contributed by atoms with Gasteiger partial charge in [0.2, 0.25) is 0 Å². The summed E-state index contributed by atoms with van der Waals surface area (Å²) in [6.45, 7) is 5.10. The van der Waals surface area contributed by atoms with Crippen LogP contribution in [0.25, 0.3) is 0 Å². The third kappa shape index (κ3) is 3.32. The van der Waals surface area contributed by atoms with E-state index in [1.807, 2.05) is 32.0 Å². The second-order valence-electron chi connectivity index (χ2n) is 4.60. The predicted molar refractivity (Wildman–Crippen MR) is 85.3 cm³/mol. The molecular formula is C15H17ClN2OS. The number of carbonyl (C=O) groups is 1. The van der Waals surface area contributed by atoms with E-state index in [1.54, 1.807) is 17.0 Å². The van der Waals surface area contributed by atoms with Crippen LogP contribution in [0, 0.1) is 6.92 Å². The Hall–Kier alpha value is -1.52. The van der Waals surface area contributed by atoms with E-state index in [4.69, 9.17) is 17.3 Å². The lowest BCUT2D eigenvalue weighted by Crippen LogP contribution is -2.30. The highest BCUT2D eigenvalue weighted by Crippen LogP contribution is 2.23. The fraction of sp³-hybridized carbons (Fsp3) is 0.267. The smallest absolute Gasteiger partial charge is 0.254 e. The van der Waals surface area contributed by atoms with Gasteiger partial charge in [0.15, 0.2) is 0 Å². The van der Waals surface area contributed by atoms with Gasteiger partial charge in [-0.25, -0.2) is 0 Å². The molecule has 0 radical (unpaired) electrons. The minimum absolute atomic E-state index is 0.0140. The van der Waals surface area contributed by atoms with Gasteiger partial charge in [-0.3, -0.25) is 4.79 Å². The first kappa shape index (κ1) is 14.9. The number of hydrogen-bond acceptors (Lipinski definition) is 3. The van der Waals surface area contributed by atoms with E-state index >= 15 is 0 Å². The lowest BCUT2D eigenvalue weighted by Gasteiger charge is -2.20. The zero-order valence-electron chi connectivity index (χ0n) is 11.5. The largest absolute Gasteiger partial charge is 0.399 e. The topological polar surface area (TPSA) is 46.3 Å². The number of nitrogens with two attached hydrogens (primary N) is 1. The number of aryl methyl sites for hydroxylation is 1. The van der Waals surface area contributed by atoms with Crippen LogP contribution in [0.2, 0.25) is 4.34 Å². The summed E-state index contributed by atoms with van der Waals surface area (Å²) in [5.41, 5.74) is 8.08.